The number of hydrogen-bond donors (Lipinski definition) is 0. The first-order valence-corrected chi connectivity index (χ1v) is 40.2. The van der Waals surface area contributed by atoms with Crippen LogP contribution in [0.1, 0.15) is 466 Å². The predicted octanol–water partition coefficient (Wildman–Crippen LogP) is 30.6. The molecule has 0 N–H and O–H groups in total. The molecule has 4 nitrogen and oxygen atoms in total. The van der Waals surface area contributed by atoms with Crippen molar-refractivity contribution in [1.29, 1.82) is 0 Å². The molecule has 0 unspecified atom stereocenters. The first kappa shape index (κ1) is 94.3. The molecular weight excluding hydrogens is 1060 g/mol. The van der Waals surface area contributed by atoms with E-state index in [1.807, 2.05) is 0 Å². The van der Waals surface area contributed by atoms with E-state index < -0.39 is 0 Å². The number of nitrogens with zero attached hydrogens (tertiary/aromatic N) is 4. The van der Waals surface area contributed by atoms with Gasteiger partial charge in [-0.1, -0.05) is 466 Å². The minimum Gasteiger partial charge on any atom is -0.662 e. The first-order valence-electron chi connectivity index (χ1n) is 40.2. The van der Waals surface area contributed by atoms with Crippen molar-refractivity contribution in [3.05, 3.63) is 21.3 Å². The van der Waals surface area contributed by atoms with Gasteiger partial charge in [0.25, 0.3) is 0 Å². The maximum absolute atomic E-state index is 4.67. The molecule has 0 atom stereocenters. The van der Waals surface area contributed by atoms with Crippen molar-refractivity contribution >= 4 is 0 Å². The monoisotopic (exact) mass is 1230 g/mol. The van der Waals surface area contributed by atoms with E-state index in [4.69, 9.17) is 0 Å². The summed E-state index contributed by atoms with van der Waals surface area (Å²) in [6.07, 6.45) is 90.1. The minimum absolute atomic E-state index is 0. The van der Waals surface area contributed by atoms with Crippen molar-refractivity contribution in [2.24, 2.45) is 0 Å². The molecule has 0 saturated heterocycles. The number of hydrogen-bond acceptors (Lipinski definition) is 0. The van der Waals surface area contributed by atoms with E-state index >= 15 is 0 Å². The van der Waals surface area contributed by atoms with Crippen molar-refractivity contribution in [2.45, 2.75) is 466 Å². The fourth-order valence-electron chi connectivity index (χ4n) is 11.3. The second-order valence-corrected chi connectivity index (χ2v) is 26.5. The molecule has 0 heterocycles. The van der Waals surface area contributed by atoms with Gasteiger partial charge in [-0.2, -0.15) is 0 Å². The van der Waals surface area contributed by atoms with Crippen LogP contribution in [0.15, 0.2) is 0 Å². The molecule has 0 amide bonds. The molecule has 0 aliphatic rings. The molecule has 0 aromatic rings. The molecule has 0 aromatic carbocycles. The van der Waals surface area contributed by atoms with Gasteiger partial charge in [0, 0.05) is 0 Å². The van der Waals surface area contributed by atoms with Crippen LogP contribution in [0.2, 0.25) is 0 Å². The molecule has 0 saturated carbocycles. The van der Waals surface area contributed by atoms with Crippen molar-refractivity contribution in [2.75, 3.05) is 52.4 Å². The molecule has 0 bridgehead atoms. The van der Waals surface area contributed by atoms with Gasteiger partial charge in [0.15, 0.2) is 0 Å². The van der Waals surface area contributed by atoms with Crippen molar-refractivity contribution in [3.63, 3.8) is 0 Å². The summed E-state index contributed by atoms with van der Waals surface area (Å²) in [5.74, 6) is 0. The van der Waals surface area contributed by atoms with Gasteiger partial charge in [-0.3, -0.25) is 0 Å². The van der Waals surface area contributed by atoms with Gasteiger partial charge < -0.3 is 21.3 Å². The number of unbranched alkanes of at least 4 members (excludes halogenated alkanes) is 56. The van der Waals surface area contributed by atoms with E-state index in [-0.39, 0.29) is 21.7 Å². The molecule has 512 valence electrons. The average molecular weight is 1230 g/mol. The maximum Gasteiger partial charge on any atom is 4.00 e. The van der Waals surface area contributed by atoms with Gasteiger partial charge in [0.2, 0.25) is 0 Å². The molecule has 0 fully saturated rings. The van der Waals surface area contributed by atoms with Crippen LogP contribution in [-0.2, 0) is 21.7 Å². The molecular formula is C80H168N4Ti. The van der Waals surface area contributed by atoms with E-state index in [2.05, 4.69) is 76.7 Å². The smallest absolute Gasteiger partial charge is 0.662 e. The number of rotatable bonds is 72. The molecule has 0 aliphatic carbocycles. The van der Waals surface area contributed by atoms with Crippen LogP contribution >= 0.6 is 0 Å². The minimum atomic E-state index is 0. The zero-order valence-electron chi connectivity index (χ0n) is 61.2. The zero-order valence-corrected chi connectivity index (χ0v) is 62.8. The van der Waals surface area contributed by atoms with Gasteiger partial charge in [-0.05, 0) is 0 Å². The third kappa shape index (κ3) is 109. The third-order valence-electron chi connectivity index (χ3n) is 17.4. The van der Waals surface area contributed by atoms with Crippen molar-refractivity contribution in [3.8, 4) is 0 Å². The Labute approximate surface area is 558 Å². The Morgan fingerprint density at radius 1 is 0.106 bits per heavy atom. The van der Waals surface area contributed by atoms with Crippen LogP contribution in [0, 0.1) is 0 Å². The summed E-state index contributed by atoms with van der Waals surface area (Å²) in [4.78, 5) is 0. The Balaban J connectivity index is -0.000000333. The fraction of sp³-hybridized carbons (Fsp3) is 1.00. The molecule has 0 radical (unpaired) electrons. The van der Waals surface area contributed by atoms with Gasteiger partial charge in [-0.15, -0.1) is 52.4 Å². The summed E-state index contributed by atoms with van der Waals surface area (Å²) in [6.45, 7) is 27.2. The molecule has 0 aliphatic heterocycles. The van der Waals surface area contributed by atoms with E-state index in [1.54, 1.807) is 0 Å². The molecule has 5 heteroatoms. The summed E-state index contributed by atoms with van der Waals surface area (Å²) >= 11 is 0. The molecule has 0 rings (SSSR count). The predicted molar refractivity (Wildman–Crippen MR) is 393 cm³/mol. The van der Waals surface area contributed by atoms with Crippen molar-refractivity contribution in [1.82, 2.24) is 0 Å². The standard InChI is InChI=1S/4C20H42N.Ti/c4*1-3-5-7-9-11-13-15-17-19-21-20-18-16-14-12-10-8-6-4-2;/h4*3-20H2,1-2H3;/q4*-1;+4. The van der Waals surface area contributed by atoms with Crippen LogP contribution < -0.4 is 0 Å². The average Bonchev–Trinajstić information content (AvgIpc) is 3.50. The van der Waals surface area contributed by atoms with Gasteiger partial charge in [0.05, 0.1) is 0 Å². The van der Waals surface area contributed by atoms with Gasteiger partial charge in [-0.25, -0.2) is 0 Å². The van der Waals surface area contributed by atoms with Crippen LogP contribution in [0.4, 0.5) is 0 Å². The Bertz CT molecular complexity index is 757. The molecule has 0 aromatic heterocycles. The Kier molecular flexibility index (Phi) is 112. The SMILES string of the molecule is CCCCCCCCCC[N-]CCCCCCCCCC.CCCCCCCCCC[N-]CCCCCCCCCC.CCCCCCCCCC[N-]CCCCCCCCCC.CCCCCCCCCC[N-]CCCCCCCCCC.[Ti+4]. The van der Waals surface area contributed by atoms with Crippen molar-refractivity contribution < 1.29 is 21.7 Å². The van der Waals surface area contributed by atoms with Crippen LogP contribution in [0.25, 0.3) is 21.3 Å². The summed E-state index contributed by atoms with van der Waals surface area (Å²) in [5.41, 5.74) is 0. The second-order valence-electron chi connectivity index (χ2n) is 26.5. The van der Waals surface area contributed by atoms with Crippen LogP contribution in [-0.4, -0.2) is 52.4 Å². The zero-order chi connectivity index (χ0) is 61.7. The third-order valence-corrected chi connectivity index (χ3v) is 17.4. The van der Waals surface area contributed by atoms with E-state index in [0.29, 0.717) is 0 Å². The summed E-state index contributed by atoms with van der Waals surface area (Å²) < 4.78 is 0. The summed E-state index contributed by atoms with van der Waals surface area (Å²) in [7, 11) is 0. The topological polar surface area (TPSA) is 56.4 Å². The largest absolute Gasteiger partial charge is 4.00 e. The Morgan fingerprint density at radius 3 is 0.259 bits per heavy atom. The summed E-state index contributed by atoms with van der Waals surface area (Å²) in [5, 5.41) is 18.7. The van der Waals surface area contributed by atoms with Crippen LogP contribution in [0.5, 0.6) is 0 Å². The van der Waals surface area contributed by atoms with Gasteiger partial charge >= 0.3 is 21.7 Å². The fourth-order valence-corrected chi connectivity index (χ4v) is 11.3. The Hall–Kier alpha value is 0.554. The molecule has 85 heavy (non-hydrogen) atoms. The summed E-state index contributed by atoms with van der Waals surface area (Å²) in [6, 6.07) is 0. The second kappa shape index (κ2) is 101. The van der Waals surface area contributed by atoms with E-state index in [0.717, 1.165) is 52.4 Å². The van der Waals surface area contributed by atoms with E-state index in [9.17, 15) is 0 Å². The molecule has 0 spiro atoms. The first-order chi connectivity index (χ1) is 41.7. The quantitative estimate of drug-likeness (QED) is 0.0430. The maximum atomic E-state index is 4.67. The normalized spacial score (nSPS) is 11.0. The van der Waals surface area contributed by atoms with Crippen LogP contribution in [0.3, 0.4) is 0 Å². The Morgan fingerprint density at radius 2 is 0.176 bits per heavy atom. The van der Waals surface area contributed by atoms with Gasteiger partial charge in [0.1, 0.15) is 0 Å². The van der Waals surface area contributed by atoms with E-state index in [1.165, 1.54) is 411 Å².